The molecule has 2 aromatic rings. The van der Waals surface area contributed by atoms with Crippen molar-refractivity contribution in [1.82, 2.24) is 10.4 Å². The van der Waals surface area contributed by atoms with Crippen LogP contribution < -0.4 is 5.32 Å². The summed E-state index contributed by atoms with van der Waals surface area (Å²) in [5.41, 5.74) is 1.21. The Balaban J connectivity index is 1.73. The summed E-state index contributed by atoms with van der Waals surface area (Å²) in [7, 11) is 0. The highest BCUT2D eigenvalue weighted by Crippen LogP contribution is 2.15. The van der Waals surface area contributed by atoms with E-state index in [1.54, 1.807) is 36.4 Å². The normalized spacial score (nSPS) is 18.0. The summed E-state index contributed by atoms with van der Waals surface area (Å²) in [5.74, 6) is -1.06. The van der Waals surface area contributed by atoms with Crippen LogP contribution in [0.1, 0.15) is 15.9 Å². The van der Waals surface area contributed by atoms with E-state index in [0.717, 1.165) is 5.56 Å². The Bertz CT molecular complexity index is 719. The van der Waals surface area contributed by atoms with Crippen LogP contribution in [-0.2, 0) is 16.1 Å². The lowest BCUT2D eigenvalue weighted by atomic mass is 10.0. The van der Waals surface area contributed by atoms with Crippen molar-refractivity contribution in [1.29, 1.82) is 0 Å². The number of hydroxylamine groups is 2. The standard InChI is InChI=1S/C18H17FN2O3/c19-15-8-6-13(7-9-15)12-16-17(22)20-10-11-21(16)24-18(23)14-4-2-1-3-5-14/h1-9,16H,10-12H2,(H,20,22)/t16-/m1/s1. The first-order valence-electron chi connectivity index (χ1n) is 7.69. The van der Waals surface area contributed by atoms with E-state index in [4.69, 9.17) is 4.84 Å². The lowest BCUT2D eigenvalue weighted by Crippen LogP contribution is -2.56. The molecule has 1 fully saturated rings. The topological polar surface area (TPSA) is 58.6 Å². The summed E-state index contributed by atoms with van der Waals surface area (Å²) in [6.45, 7) is 0.803. The van der Waals surface area contributed by atoms with Gasteiger partial charge in [-0.1, -0.05) is 30.3 Å². The zero-order chi connectivity index (χ0) is 16.9. The number of nitrogens with one attached hydrogen (secondary N) is 1. The number of piperazine rings is 1. The fourth-order valence-corrected chi connectivity index (χ4v) is 2.57. The van der Waals surface area contributed by atoms with Gasteiger partial charge in [0.25, 0.3) is 0 Å². The molecule has 0 aliphatic carbocycles. The Morgan fingerprint density at radius 2 is 1.88 bits per heavy atom. The van der Waals surface area contributed by atoms with Crippen LogP contribution >= 0.6 is 0 Å². The van der Waals surface area contributed by atoms with Crippen molar-refractivity contribution in [3.8, 4) is 0 Å². The molecule has 124 valence electrons. The Hall–Kier alpha value is -2.73. The molecule has 0 aromatic heterocycles. The van der Waals surface area contributed by atoms with Crippen LogP contribution in [0.15, 0.2) is 54.6 Å². The smallest absolute Gasteiger partial charge is 0.357 e. The molecule has 0 spiro atoms. The van der Waals surface area contributed by atoms with Crippen LogP contribution in [0.5, 0.6) is 0 Å². The molecular weight excluding hydrogens is 311 g/mol. The number of carbonyl (C=O) groups excluding carboxylic acids is 2. The largest absolute Gasteiger partial charge is 0.363 e. The molecule has 1 aliphatic rings. The first-order valence-corrected chi connectivity index (χ1v) is 7.69. The van der Waals surface area contributed by atoms with Gasteiger partial charge in [0.2, 0.25) is 5.91 Å². The highest BCUT2D eigenvalue weighted by Gasteiger charge is 2.33. The third-order valence-corrected chi connectivity index (χ3v) is 3.83. The number of halogens is 1. The fraction of sp³-hybridized carbons (Fsp3) is 0.222. The van der Waals surface area contributed by atoms with Gasteiger partial charge in [-0.2, -0.15) is 0 Å². The molecule has 1 atom stereocenters. The molecule has 1 amide bonds. The summed E-state index contributed by atoms with van der Waals surface area (Å²) in [6.07, 6.45) is 0.328. The molecule has 0 radical (unpaired) electrons. The van der Waals surface area contributed by atoms with Gasteiger partial charge < -0.3 is 10.2 Å². The number of amides is 1. The Morgan fingerprint density at radius 1 is 1.17 bits per heavy atom. The number of benzene rings is 2. The summed E-state index contributed by atoms with van der Waals surface area (Å²) < 4.78 is 13.0. The van der Waals surface area contributed by atoms with E-state index in [1.807, 2.05) is 6.07 Å². The first-order chi connectivity index (χ1) is 11.6. The molecule has 1 aliphatic heterocycles. The highest BCUT2D eigenvalue weighted by molar-refractivity contribution is 5.89. The molecule has 24 heavy (non-hydrogen) atoms. The summed E-state index contributed by atoms with van der Waals surface area (Å²) >= 11 is 0. The highest BCUT2D eigenvalue weighted by atomic mass is 19.1. The van der Waals surface area contributed by atoms with Gasteiger partial charge in [-0.3, -0.25) is 4.79 Å². The zero-order valence-corrected chi connectivity index (χ0v) is 12.9. The maximum absolute atomic E-state index is 13.0. The van der Waals surface area contributed by atoms with Crippen molar-refractivity contribution in [3.63, 3.8) is 0 Å². The molecule has 3 rings (SSSR count). The van der Waals surface area contributed by atoms with Crippen LogP contribution in [-0.4, -0.2) is 36.1 Å². The van der Waals surface area contributed by atoms with Crippen LogP contribution in [0.2, 0.25) is 0 Å². The fourth-order valence-electron chi connectivity index (χ4n) is 2.57. The van der Waals surface area contributed by atoms with Crippen LogP contribution in [0.25, 0.3) is 0 Å². The number of nitrogens with zero attached hydrogens (tertiary/aromatic N) is 1. The molecular formula is C18H17FN2O3. The second-order valence-electron chi connectivity index (χ2n) is 5.52. The molecule has 6 heteroatoms. The zero-order valence-electron chi connectivity index (χ0n) is 12.9. The SMILES string of the molecule is O=C(ON1CCNC(=O)[C@H]1Cc1ccc(F)cc1)c1ccccc1. The average Bonchev–Trinajstić information content (AvgIpc) is 2.60. The summed E-state index contributed by atoms with van der Waals surface area (Å²) in [4.78, 5) is 29.8. The molecule has 0 bridgehead atoms. The minimum atomic E-state index is -0.642. The van der Waals surface area contributed by atoms with Crippen LogP contribution in [0, 0.1) is 5.82 Å². The Morgan fingerprint density at radius 3 is 2.58 bits per heavy atom. The van der Waals surface area contributed by atoms with E-state index in [-0.39, 0.29) is 11.7 Å². The van der Waals surface area contributed by atoms with E-state index in [1.165, 1.54) is 17.2 Å². The van der Waals surface area contributed by atoms with Crippen LogP contribution in [0.3, 0.4) is 0 Å². The lowest BCUT2D eigenvalue weighted by Gasteiger charge is -2.33. The summed E-state index contributed by atoms with van der Waals surface area (Å²) in [5, 5.41) is 4.16. The van der Waals surface area contributed by atoms with E-state index >= 15 is 0 Å². The minimum absolute atomic E-state index is 0.216. The molecule has 1 heterocycles. The third-order valence-electron chi connectivity index (χ3n) is 3.83. The Kier molecular flexibility index (Phi) is 4.86. The number of rotatable bonds is 4. The van der Waals surface area contributed by atoms with Crippen molar-refractivity contribution in [2.75, 3.05) is 13.1 Å². The monoisotopic (exact) mass is 328 g/mol. The van der Waals surface area contributed by atoms with Gasteiger partial charge in [-0.15, -0.1) is 5.06 Å². The Labute approximate surface area is 139 Å². The van der Waals surface area contributed by atoms with Gasteiger partial charge in [0.1, 0.15) is 11.9 Å². The van der Waals surface area contributed by atoms with Gasteiger partial charge in [-0.05, 0) is 29.8 Å². The quantitative estimate of drug-likeness (QED) is 0.932. The molecule has 0 saturated carbocycles. The molecule has 2 aromatic carbocycles. The van der Waals surface area contributed by atoms with E-state index < -0.39 is 12.0 Å². The van der Waals surface area contributed by atoms with Crippen molar-refractivity contribution in [3.05, 3.63) is 71.5 Å². The maximum Gasteiger partial charge on any atom is 0.357 e. The second kappa shape index (κ2) is 7.23. The first kappa shape index (κ1) is 16.1. The van der Waals surface area contributed by atoms with E-state index in [2.05, 4.69) is 5.32 Å². The van der Waals surface area contributed by atoms with Gasteiger partial charge in [0.15, 0.2) is 0 Å². The molecule has 0 unspecified atom stereocenters. The predicted molar refractivity (Wildman–Crippen MR) is 85.5 cm³/mol. The molecule has 5 nitrogen and oxygen atoms in total. The number of carbonyl (C=O) groups is 2. The van der Waals surface area contributed by atoms with Crippen LogP contribution in [0.4, 0.5) is 4.39 Å². The van der Waals surface area contributed by atoms with Crippen molar-refractivity contribution >= 4 is 11.9 Å². The van der Waals surface area contributed by atoms with Gasteiger partial charge in [0.05, 0.1) is 12.1 Å². The predicted octanol–water partition coefficient (Wildman–Crippen LogP) is 1.94. The van der Waals surface area contributed by atoms with Crippen molar-refractivity contribution < 1.29 is 18.8 Å². The second-order valence-corrected chi connectivity index (χ2v) is 5.52. The van der Waals surface area contributed by atoms with Crippen molar-refractivity contribution in [2.24, 2.45) is 0 Å². The molecule has 1 N–H and O–H groups in total. The average molecular weight is 328 g/mol. The van der Waals surface area contributed by atoms with Gasteiger partial charge in [-0.25, -0.2) is 9.18 Å². The summed E-state index contributed by atoms with van der Waals surface area (Å²) in [6, 6.07) is 13.9. The maximum atomic E-state index is 13.0. The van der Waals surface area contributed by atoms with Gasteiger partial charge in [0, 0.05) is 13.0 Å². The lowest BCUT2D eigenvalue weighted by molar-refractivity contribution is -0.166. The van der Waals surface area contributed by atoms with Gasteiger partial charge >= 0.3 is 5.97 Å². The molecule has 1 saturated heterocycles. The number of hydrogen-bond acceptors (Lipinski definition) is 4. The van der Waals surface area contributed by atoms with Crippen molar-refractivity contribution in [2.45, 2.75) is 12.5 Å². The number of hydrogen-bond donors (Lipinski definition) is 1. The third kappa shape index (κ3) is 3.78. The van der Waals surface area contributed by atoms with E-state index in [9.17, 15) is 14.0 Å². The minimum Gasteiger partial charge on any atom is -0.363 e. The van der Waals surface area contributed by atoms with E-state index in [0.29, 0.717) is 25.1 Å².